The van der Waals surface area contributed by atoms with E-state index < -0.39 is 0 Å². The van der Waals surface area contributed by atoms with Crippen molar-refractivity contribution in [3.05, 3.63) is 35.4 Å². The minimum absolute atomic E-state index is 0.154. The van der Waals surface area contributed by atoms with Gasteiger partial charge in [0.15, 0.2) is 0 Å². The Morgan fingerprint density at radius 2 is 2.08 bits per heavy atom. The molecule has 0 unspecified atom stereocenters. The summed E-state index contributed by atoms with van der Waals surface area (Å²) in [4.78, 5) is 0. The highest BCUT2D eigenvalue weighted by Gasteiger charge is 1.96. The molecule has 3 N–H and O–H groups in total. The molecule has 0 saturated carbocycles. The molecule has 68 valence electrons. The molecule has 13 heavy (non-hydrogen) atoms. The third-order valence-corrected chi connectivity index (χ3v) is 1.72. The van der Waals surface area contributed by atoms with E-state index >= 15 is 0 Å². The molecule has 0 spiro atoms. The van der Waals surface area contributed by atoms with Gasteiger partial charge in [-0.1, -0.05) is 30.0 Å². The molecule has 2 nitrogen and oxygen atoms in total. The number of benzene rings is 1. The number of nitrogens with two attached hydrogens (primary N) is 1. The average Bonchev–Trinajstić information content (AvgIpc) is 2.17. The summed E-state index contributed by atoms with van der Waals surface area (Å²) in [6.07, 6.45) is 0.648. The fraction of sp³-hybridized carbons (Fsp3) is 0.273. The predicted molar refractivity (Wildman–Crippen MR) is 53.2 cm³/mol. The van der Waals surface area contributed by atoms with E-state index in [-0.39, 0.29) is 6.61 Å². The van der Waals surface area contributed by atoms with Gasteiger partial charge in [-0.3, -0.25) is 0 Å². The van der Waals surface area contributed by atoms with Gasteiger partial charge in [-0.15, -0.1) is 0 Å². The predicted octanol–water partition coefficient (Wildman–Crippen LogP) is 0.532. The van der Waals surface area contributed by atoms with Crippen molar-refractivity contribution < 1.29 is 5.11 Å². The molecular weight excluding hydrogens is 162 g/mol. The Bertz CT molecular complexity index is 322. The average molecular weight is 175 g/mol. The molecular formula is C11H13NO. The van der Waals surface area contributed by atoms with Crippen molar-refractivity contribution in [1.29, 1.82) is 0 Å². The SMILES string of the molecule is NCC#Cc1ccccc1CCO. The van der Waals surface area contributed by atoms with E-state index in [0.717, 1.165) is 11.1 Å². The third-order valence-electron chi connectivity index (χ3n) is 1.72. The number of aliphatic hydroxyl groups is 1. The van der Waals surface area contributed by atoms with E-state index in [1.807, 2.05) is 24.3 Å². The fourth-order valence-corrected chi connectivity index (χ4v) is 1.13. The van der Waals surface area contributed by atoms with Crippen LogP contribution in [-0.4, -0.2) is 18.3 Å². The van der Waals surface area contributed by atoms with Gasteiger partial charge in [0.1, 0.15) is 0 Å². The Morgan fingerprint density at radius 1 is 1.31 bits per heavy atom. The lowest BCUT2D eigenvalue weighted by Gasteiger charge is -2.00. The lowest BCUT2D eigenvalue weighted by molar-refractivity contribution is 0.299. The molecule has 0 amide bonds. The highest BCUT2D eigenvalue weighted by Crippen LogP contribution is 2.07. The van der Waals surface area contributed by atoms with Crippen molar-refractivity contribution in [2.75, 3.05) is 13.2 Å². The smallest absolute Gasteiger partial charge is 0.0555 e. The first-order valence-corrected chi connectivity index (χ1v) is 4.26. The van der Waals surface area contributed by atoms with Crippen LogP contribution in [0.5, 0.6) is 0 Å². The van der Waals surface area contributed by atoms with Gasteiger partial charge in [0.05, 0.1) is 6.54 Å². The van der Waals surface area contributed by atoms with Gasteiger partial charge >= 0.3 is 0 Å². The molecule has 0 heterocycles. The topological polar surface area (TPSA) is 46.2 Å². The van der Waals surface area contributed by atoms with Crippen LogP contribution < -0.4 is 5.73 Å². The van der Waals surface area contributed by atoms with Crippen LogP contribution in [0.15, 0.2) is 24.3 Å². The summed E-state index contributed by atoms with van der Waals surface area (Å²) >= 11 is 0. The number of rotatable bonds is 2. The zero-order chi connectivity index (χ0) is 9.52. The lowest BCUT2D eigenvalue weighted by Crippen LogP contribution is -1.96. The first-order chi connectivity index (χ1) is 6.38. The van der Waals surface area contributed by atoms with Gasteiger partial charge in [-0.2, -0.15) is 0 Å². The van der Waals surface area contributed by atoms with Crippen LogP contribution in [0.2, 0.25) is 0 Å². The van der Waals surface area contributed by atoms with Gasteiger partial charge in [-0.25, -0.2) is 0 Å². The normalized spacial score (nSPS) is 9.08. The Labute approximate surface area is 78.4 Å². The molecule has 0 aromatic heterocycles. The molecule has 0 atom stereocenters. The summed E-state index contributed by atoms with van der Waals surface area (Å²) in [5, 5.41) is 8.80. The zero-order valence-corrected chi connectivity index (χ0v) is 7.46. The molecule has 1 aromatic rings. The molecule has 0 saturated heterocycles. The van der Waals surface area contributed by atoms with Gasteiger partial charge in [-0.05, 0) is 18.1 Å². The van der Waals surface area contributed by atoms with Crippen molar-refractivity contribution in [3.8, 4) is 11.8 Å². The number of aliphatic hydroxyl groups excluding tert-OH is 1. The number of hydrogen-bond acceptors (Lipinski definition) is 2. The molecule has 0 fully saturated rings. The molecule has 1 aromatic carbocycles. The maximum atomic E-state index is 8.80. The minimum atomic E-state index is 0.154. The first-order valence-electron chi connectivity index (χ1n) is 4.26. The van der Waals surface area contributed by atoms with E-state index in [1.54, 1.807) is 0 Å². The van der Waals surface area contributed by atoms with Crippen molar-refractivity contribution in [2.24, 2.45) is 5.73 Å². The summed E-state index contributed by atoms with van der Waals surface area (Å²) in [5.74, 6) is 5.77. The summed E-state index contributed by atoms with van der Waals surface area (Å²) < 4.78 is 0. The third kappa shape index (κ3) is 2.90. The second-order valence-corrected chi connectivity index (χ2v) is 2.64. The van der Waals surface area contributed by atoms with E-state index in [0.29, 0.717) is 13.0 Å². The lowest BCUT2D eigenvalue weighted by atomic mass is 10.1. The largest absolute Gasteiger partial charge is 0.396 e. The number of hydrogen-bond donors (Lipinski definition) is 2. The quantitative estimate of drug-likeness (QED) is 0.644. The summed E-state index contributed by atoms with van der Waals surface area (Å²) in [6, 6.07) is 7.78. The second-order valence-electron chi connectivity index (χ2n) is 2.64. The van der Waals surface area contributed by atoms with Crippen LogP contribution in [0.25, 0.3) is 0 Å². The minimum Gasteiger partial charge on any atom is -0.396 e. The van der Waals surface area contributed by atoms with E-state index in [9.17, 15) is 0 Å². The Balaban J connectivity index is 2.90. The monoisotopic (exact) mass is 175 g/mol. The molecule has 0 radical (unpaired) electrons. The van der Waals surface area contributed by atoms with Crippen LogP contribution in [0.3, 0.4) is 0 Å². The Hall–Kier alpha value is -1.30. The van der Waals surface area contributed by atoms with Crippen LogP contribution in [0, 0.1) is 11.8 Å². The van der Waals surface area contributed by atoms with Crippen molar-refractivity contribution in [1.82, 2.24) is 0 Å². The molecule has 2 heteroatoms. The van der Waals surface area contributed by atoms with Gasteiger partial charge in [0.25, 0.3) is 0 Å². The molecule has 0 aliphatic rings. The van der Waals surface area contributed by atoms with Gasteiger partial charge in [0, 0.05) is 12.2 Å². The van der Waals surface area contributed by atoms with Crippen LogP contribution >= 0.6 is 0 Å². The fourth-order valence-electron chi connectivity index (χ4n) is 1.13. The Kier molecular flexibility index (Phi) is 4.04. The van der Waals surface area contributed by atoms with E-state index in [4.69, 9.17) is 10.8 Å². The molecule has 0 aliphatic heterocycles. The van der Waals surface area contributed by atoms with Crippen molar-refractivity contribution in [3.63, 3.8) is 0 Å². The van der Waals surface area contributed by atoms with Gasteiger partial charge in [0.2, 0.25) is 0 Å². The first kappa shape index (κ1) is 9.79. The maximum Gasteiger partial charge on any atom is 0.0555 e. The van der Waals surface area contributed by atoms with Crippen LogP contribution in [0.4, 0.5) is 0 Å². The molecule has 1 rings (SSSR count). The maximum absolute atomic E-state index is 8.80. The molecule has 0 aliphatic carbocycles. The van der Waals surface area contributed by atoms with Crippen molar-refractivity contribution >= 4 is 0 Å². The van der Waals surface area contributed by atoms with Crippen LogP contribution in [0.1, 0.15) is 11.1 Å². The summed E-state index contributed by atoms with van der Waals surface area (Å²) in [5.41, 5.74) is 7.31. The zero-order valence-electron chi connectivity index (χ0n) is 7.46. The highest BCUT2D eigenvalue weighted by atomic mass is 16.2. The summed E-state index contributed by atoms with van der Waals surface area (Å²) in [7, 11) is 0. The van der Waals surface area contributed by atoms with E-state index in [1.165, 1.54) is 0 Å². The Morgan fingerprint density at radius 3 is 2.77 bits per heavy atom. The standard InChI is InChI=1S/C11H13NO/c12-8-3-6-10-4-1-2-5-11(10)7-9-13/h1-2,4-5,13H,7-9,12H2. The highest BCUT2D eigenvalue weighted by molar-refractivity contribution is 5.41. The van der Waals surface area contributed by atoms with E-state index in [2.05, 4.69) is 11.8 Å². The summed E-state index contributed by atoms with van der Waals surface area (Å²) in [6.45, 7) is 0.523. The molecule has 0 bridgehead atoms. The van der Waals surface area contributed by atoms with Crippen LogP contribution in [-0.2, 0) is 6.42 Å². The second kappa shape index (κ2) is 5.36. The van der Waals surface area contributed by atoms with Gasteiger partial charge < -0.3 is 10.8 Å². The van der Waals surface area contributed by atoms with Crippen molar-refractivity contribution in [2.45, 2.75) is 6.42 Å².